The minimum absolute atomic E-state index is 0.169. The van der Waals surface area contributed by atoms with E-state index in [-0.39, 0.29) is 35.7 Å². The molecular weight excluding hydrogens is 475 g/mol. The largest absolute Gasteiger partial charge is 0.416 e. The molecule has 0 unspecified atom stereocenters. The molecule has 0 aromatic heterocycles. The maximum atomic E-state index is 12.9. The van der Waals surface area contributed by atoms with Gasteiger partial charge in [0, 0.05) is 37.9 Å². The third-order valence-corrected chi connectivity index (χ3v) is 6.21. The fourth-order valence-electron chi connectivity index (χ4n) is 4.21. The van der Waals surface area contributed by atoms with Crippen LogP contribution < -0.4 is 10.6 Å². The summed E-state index contributed by atoms with van der Waals surface area (Å²) in [4.78, 5) is 40.2. The van der Waals surface area contributed by atoms with Crippen molar-refractivity contribution in [2.24, 2.45) is 5.92 Å². The van der Waals surface area contributed by atoms with Crippen LogP contribution in [-0.4, -0.2) is 62.0 Å². The van der Waals surface area contributed by atoms with E-state index in [0.717, 1.165) is 17.7 Å². The number of hydrogen-bond donors (Lipinski definition) is 2. The minimum Gasteiger partial charge on any atom is -0.383 e. The van der Waals surface area contributed by atoms with Gasteiger partial charge in [-0.2, -0.15) is 13.2 Å². The lowest BCUT2D eigenvalue weighted by molar-refractivity contribution is -0.137. The van der Waals surface area contributed by atoms with E-state index in [1.165, 1.54) is 19.2 Å². The topological polar surface area (TPSA) is 87.7 Å². The summed E-state index contributed by atoms with van der Waals surface area (Å²) < 4.78 is 43.4. The predicted octanol–water partition coefficient (Wildman–Crippen LogP) is 3.43. The van der Waals surface area contributed by atoms with Gasteiger partial charge in [0.05, 0.1) is 12.2 Å². The molecule has 36 heavy (non-hydrogen) atoms. The lowest BCUT2D eigenvalue weighted by Crippen LogP contribution is -2.54. The average molecular weight is 506 g/mol. The molecule has 7 nitrogen and oxygen atoms in total. The zero-order valence-electron chi connectivity index (χ0n) is 20.2. The Morgan fingerprint density at radius 1 is 1.06 bits per heavy atom. The number of rotatable bonds is 8. The molecule has 0 bridgehead atoms. The number of nitrogens with one attached hydrogen (secondary N) is 2. The van der Waals surface area contributed by atoms with Gasteiger partial charge in [-0.1, -0.05) is 17.7 Å². The number of piperidine rings is 1. The van der Waals surface area contributed by atoms with E-state index in [0.29, 0.717) is 38.1 Å². The van der Waals surface area contributed by atoms with E-state index >= 15 is 0 Å². The Labute approximate surface area is 208 Å². The van der Waals surface area contributed by atoms with Crippen molar-refractivity contribution in [1.29, 1.82) is 0 Å². The van der Waals surface area contributed by atoms with E-state index in [9.17, 15) is 27.6 Å². The molecule has 0 aliphatic carbocycles. The number of hydrogen-bond acceptors (Lipinski definition) is 4. The number of carbonyl (C=O) groups is 3. The van der Waals surface area contributed by atoms with Crippen molar-refractivity contribution >= 4 is 17.7 Å². The molecule has 1 atom stereocenters. The number of likely N-dealkylation sites (tertiary alicyclic amines) is 1. The molecule has 2 aromatic rings. The molecule has 1 aliphatic rings. The number of alkyl halides is 3. The number of aryl methyl sites for hydroxylation is 1. The molecule has 0 spiro atoms. The van der Waals surface area contributed by atoms with Crippen molar-refractivity contribution in [2.45, 2.75) is 32.0 Å². The van der Waals surface area contributed by atoms with Crippen LogP contribution in [0.3, 0.4) is 0 Å². The van der Waals surface area contributed by atoms with E-state index in [1.807, 2.05) is 13.0 Å². The number of carbonyl (C=O) groups excluding carboxylic acids is 3. The van der Waals surface area contributed by atoms with E-state index in [2.05, 4.69) is 10.6 Å². The van der Waals surface area contributed by atoms with Gasteiger partial charge in [0.1, 0.15) is 6.04 Å². The zero-order chi connectivity index (χ0) is 26.3. The van der Waals surface area contributed by atoms with Crippen LogP contribution in [0.4, 0.5) is 13.2 Å². The highest BCUT2D eigenvalue weighted by Gasteiger charge is 2.35. The highest BCUT2D eigenvalue weighted by Crippen LogP contribution is 2.29. The fourth-order valence-corrected chi connectivity index (χ4v) is 4.21. The molecule has 1 saturated heterocycles. The van der Waals surface area contributed by atoms with E-state index in [4.69, 9.17) is 4.74 Å². The lowest BCUT2D eigenvalue weighted by atomic mass is 9.88. The summed E-state index contributed by atoms with van der Waals surface area (Å²) in [6.07, 6.45) is -3.58. The highest BCUT2D eigenvalue weighted by atomic mass is 19.4. The first kappa shape index (κ1) is 27.2. The maximum Gasteiger partial charge on any atom is 0.416 e. The lowest BCUT2D eigenvalue weighted by Gasteiger charge is -2.36. The number of ether oxygens (including phenoxy) is 1. The Morgan fingerprint density at radius 3 is 2.31 bits per heavy atom. The molecule has 2 N–H and O–H groups in total. The van der Waals surface area contributed by atoms with Crippen molar-refractivity contribution in [2.75, 3.05) is 33.4 Å². The van der Waals surface area contributed by atoms with Crippen LogP contribution in [0.2, 0.25) is 0 Å². The van der Waals surface area contributed by atoms with Gasteiger partial charge in [-0.15, -0.1) is 0 Å². The quantitative estimate of drug-likeness (QED) is 0.539. The summed E-state index contributed by atoms with van der Waals surface area (Å²) in [7, 11) is 1.52. The summed E-state index contributed by atoms with van der Waals surface area (Å²) in [5.41, 5.74) is 0.714. The maximum absolute atomic E-state index is 12.9. The van der Waals surface area contributed by atoms with Crippen LogP contribution >= 0.6 is 0 Å². The van der Waals surface area contributed by atoms with Gasteiger partial charge in [-0.25, -0.2) is 0 Å². The Morgan fingerprint density at radius 2 is 1.72 bits per heavy atom. The monoisotopic (exact) mass is 505 g/mol. The number of amides is 3. The van der Waals surface area contributed by atoms with Crippen LogP contribution in [0.15, 0.2) is 48.5 Å². The Kier molecular flexibility index (Phi) is 9.08. The molecule has 3 rings (SSSR count). The number of benzene rings is 2. The molecule has 2 aromatic carbocycles. The average Bonchev–Trinajstić information content (AvgIpc) is 2.86. The van der Waals surface area contributed by atoms with Gasteiger partial charge in [-0.05, 0) is 62.1 Å². The third kappa shape index (κ3) is 7.07. The summed E-state index contributed by atoms with van der Waals surface area (Å²) >= 11 is 0. The molecule has 10 heteroatoms. The van der Waals surface area contributed by atoms with Crippen LogP contribution in [0.1, 0.15) is 44.7 Å². The molecule has 1 aliphatic heterocycles. The van der Waals surface area contributed by atoms with Crippen molar-refractivity contribution in [3.05, 3.63) is 70.8 Å². The number of methoxy groups -OCH3 is 1. The number of halogens is 3. The second kappa shape index (κ2) is 12.0. The number of nitrogens with zero attached hydrogens (tertiary/aromatic N) is 1. The van der Waals surface area contributed by atoms with Gasteiger partial charge in [0.2, 0.25) is 5.91 Å². The SMILES string of the molecule is COCCNC(=O)[C@H](NC(=O)c1cccc(C)c1)C1CCN(C(=O)c2ccc(C(F)(F)F)cc2)CC1. The standard InChI is InChI=1S/C26H30F3N3O4/c1-17-4-3-5-20(16-17)23(33)31-22(24(34)30-12-15-36-2)18-10-13-32(14-11-18)25(35)19-6-8-21(9-7-19)26(27,28)29/h3-9,16,18,22H,10-15H2,1-2H3,(H,30,34)(H,31,33)/t22-/m1/s1. The summed E-state index contributed by atoms with van der Waals surface area (Å²) in [5.74, 6) is -1.29. The summed E-state index contributed by atoms with van der Waals surface area (Å²) in [6.45, 7) is 3.11. The first-order chi connectivity index (χ1) is 17.1. The minimum atomic E-state index is -4.47. The normalized spacial score (nSPS) is 15.3. The van der Waals surface area contributed by atoms with Crippen LogP contribution in [0, 0.1) is 12.8 Å². The summed E-state index contributed by atoms with van der Waals surface area (Å²) in [5, 5.41) is 5.63. The van der Waals surface area contributed by atoms with Gasteiger partial charge < -0.3 is 20.3 Å². The van der Waals surface area contributed by atoms with Gasteiger partial charge in [0.25, 0.3) is 11.8 Å². The Bertz CT molecular complexity index is 1060. The fraction of sp³-hybridized carbons (Fsp3) is 0.423. The molecule has 1 fully saturated rings. The van der Waals surface area contributed by atoms with Crippen LogP contribution in [-0.2, 0) is 15.7 Å². The van der Waals surface area contributed by atoms with Crippen molar-refractivity contribution in [1.82, 2.24) is 15.5 Å². The molecule has 3 amide bonds. The van der Waals surface area contributed by atoms with Crippen molar-refractivity contribution in [3.63, 3.8) is 0 Å². The molecule has 0 radical (unpaired) electrons. The van der Waals surface area contributed by atoms with Gasteiger partial charge >= 0.3 is 6.18 Å². The summed E-state index contributed by atoms with van der Waals surface area (Å²) in [6, 6.07) is 10.4. The zero-order valence-corrected chi connectivity index (χ0v) is 20.2. The highest BCUT2D eigenvalue weighted by molar-refractivity contribution is 5.98. The Balaban J connectivity index is 1.67. The first-order valence-electron chi connectivity index (χ1n) is 11.7. The first-order valence-corrected chi connectivity index (χ1v) is 11.7. The molecular formula is C26H30F3N3O4. The van der Waals surface area contributed by atoms with Crippen molar-refractivity contribution in [3.8, 4) is 0 Å². The van der Waals surface area contributed by atoms with Gasteiger partial charge in [0.15, 0.2) is 0 Å². The van der Waals surface area contributed by atoms with Crippen LogP contribution in [0.5, 0.6) is 0 Å². The molecule has 0 saturated carbocycles. The van der Waals surface area contributed by atoms with Gasteiger partial charge in [-0.3, -0.25) is 14.4 Å². The van der Waals surface area contributed by atoms with Crippen molar-refractivity contribution < 1.29 is 32.3 Å². The second-order valence-corrected chi connectivity index (χ2v) is 8.81. The predicted molar refractivity (Wildman–Crippen MR) is 127 cm³/mol. The molecule has 194 valence electrons. The Hall–Kier alpha value is -3.40. The van der Waals surface area contributed by atoms with E-state index < -0.39 is 17.8 Å². The van der Waals surface area contributed by atoms with Crippen LogP contribution in [0.25, 0.3) is 0 Å². The second-order valence-electron chi connectivity index (χ2n) is 8.81. The molecule has 1 heterocycles. The smallest absolute Gasteiger partial charge is 0.383 e. The van der Waals surface area contributed by atoms with E-state index in [1.54, 1.807) is 23.1 Å². The third-order valence-electron chi connectivity index (χ3n) is 6.21.